The van der Waals surface area contributed by atoms with Gasteiger partial charge in [0, 0.05) is 29.8 Å². The number of carbonyl (C=O) groups excluding carboxylic acids is 1. The SMILES string of the molecule is CC(C)Oc1ccc([C@H]2COCCN2C(=O)c2cc3c4c(c(N)nc3cn2)COC4)cn1. The molecule has 5 rings (SSSR count). The van der Waals surface area contributed by atoms with Gasteiger partial charge in [-0.05, 0) is 37.1 Å². The van der Waals surface area contributed by atoms with Crippen molar-refractivity contribution in [1.29, 1.82) is 0 Å². The first-order valence-electron chi connectivity index (χ1n) is 10.7. The standard InChI is InChI=1S/C23H25N5O4/c1-13(2)32-21-4-3-14(8-26-21)20-12-30-6-5-28(20)23(29)18-7-15-16-10-31-11-17(16)22(24)27-19(15)9-25-18/h3-4,7-9,13,20H,5-6,10-12H2,1-2H3,(H2,24,27)/t20-/m1/s1. The zero-order valence-electron chi connectivity index (χ0n) is 18.1. The maximum atomic E-state index is 13.5. The second kappa shape index (κ2) is 8.33. The third-order valence-corrected chi connectivity index (χ3v) is 5.72. The average Bonchev–Trinajstić information content (AvgIpc) is 3.30. The van der Waals surface area contributed by atoms with Crippen molar-refractivity contribution in [2.24, 2.45) is 0 Å². The van der Waals surface area contributed by atoms with Crippen LogP contribution in [-0.4, -0.2) is 51.6 Å². The molecule has 1 amide bonds. The lowest BCUT2D eigenvalue weighted by Gasteiger charge is -2.35. The summed E-state index contributed by atoms with van der Waals surface area (Å²) in [5.74, 6) is 0.848. The van der Waals surface area contributed by atoms with Crippen LogP contribution in [0.25, 0.3) is 10.9 Å². The maximum Gasteiger partial charge on any atom is 0.273 e. The largest absolute Gasteiger partial charge is 0.475 e. The Morgan fingerprint density at radius 3 is 2.81 bits per heavy atom. The Morgan fingerprint density at radius 2 is 2.03 bits per heavy atom. The lowest BCUT2D eigenvalue weighted by molar-refractivity contribution is -0.00311. The second-order valence-electron chi connectivity index (χ2n) is 8.22. The van der Waals surface area contributed by atoms with Crippen molar-refractivity contribution in [3.05, 3.63) is 53.0 Å². The zero-order chi connectivity index (χ0) is 22.2. The quantitative estimate of drug-likeness (QED) is 0.666. The fraction of sp³-hybridized carbons (Fsp3) is 0.391. The molecule has 2 N–H and O–H groups in total. The van der Waals surface area contributed by atoms with Crippen LogP contribution in [0, 0.1) is 0 Å². The Balaban J connectivity index is 1.45. The minimum atomic E-state index is -0.257. The van der Waals surface area contributed by atoms with E-state index in [1.165, 1.54) is 0 Å². The van der Waals surface area contributed by atoms with Crippen molar-refractivity contribution < 1.29 is 19.0 Å². The normalized spacial score (nSPS) is 18.2. The molecule has 3 aromatic heterocycles. The summed E-state index contributed by atoms with van der Waals surface area (Å²) in [4.78, 5) is 28.5. The number of rotatable bonds is 4. The molecule has 0 bridgehead atoms. The predicted octanol–water partition coefficient (Wildman–Crippen LogP) is 2.64. The number of nitrogens with zero attached hydrogens (tertiary/aromatic N) is 4. The van der Waals surface area contributed by atoms with E-state index in [1.807, 2.05) is 26.0 Å². The van der Waals surface area contributed by atoms with Crippen LogP contribution in [0.4, 0.5) is 5.82 Å². The molecule has 0 aliphatic carbocycles. The minimum Gasteiger partial charge on any atom is -0.475 e. The predicted molar refractivity (Wildman–Crippen MR) is 117 cm³/mol. The molecule has 1 saturated heterocycles. The Morgan fingerprint density at radius 1 is 1.19 bits per heavy atom. The number of carbonyl (C=O) groups is 1. The van der Waals surface area contributed by atoms with Crippen molar-refractivity contribution in [3.8, 4) is 5.88 Å². The number of nitrogens with two attached hydrogens (primary N) is 1. The molecule has 0 aromatic carbocycles. The van der Waals surface area contributed by atoms with E-state index in [4.69, 9.17) is 19.9 Å². The number of pyridine rings is 3. The van der Waals surface area contributed by atoms with Gasteiger partial charge in [0.2, 0.25) is 5.88 Å². The number of ether oxygens (including phenoxy) is 3. The van der Waals surface area contributed by atoms with Gasteiger partial charge in [0.25, 0.3) is 5.91 Å². The van der Waals surface area contributed by atoms with E-state index in [9.17, 15) is 4.79 Å². The van der Waals surface area contributed by atoms with Crippen molar-refractivity contribution in [3.63, 3.8) is 0 Å². The average molecular weight is 435 g/mol. The van der Waals surface area contributed by atoms with Crippen molar-refractivity contribution >= 4 is 22.6 Å². The molecule has 9 nitrogen and oxygen atoms in total. The van der Waals surface area contributed by atoms with Crippen LogP contribution in [0.15, 0.2) is 30.6 Å². The Kier molecular flexibility index (Phi) is 5.36. The van der Waals surface area contributed by atoms with Crippen molar-refractivity contribution in [2.45, 2.75) is 39.2 Å². The number of aromatic nitrogens is 3. The van der Waals surface area contributed by atoms with Gasteiger partial charge in [-0.15, -0.1) is 0 Å². The highest BCUT2D eigenvalue weighted by Crippen LogP contribution is 2.32. The van der Waals surface area contributed by atoms with Crippen LogP contribution in [-0.2, 0) is 22.7 Å². The van der Waals surface area contributed by atoms with Crippen LogP contribution in [0.1, 0.15) is 47.1 Å². The van der Waals surface area contributed by atoms with Gasteiger partial charge in [0.05, 0.1) is 50.3 Å². The van der Waals surface area contributed by atoms with Crippen LogP contribution in [0.2, 0.25) is 0 Å². The molecule has 32 heavy (non-hydrogen) atoms. The summed E-state index contributed by atoms with van der Waals surface area (Å²) >= 11 is 0. The van der Waals surface area contributed by atoms with E-state index in [0.717, 1.165) is 22.1 Å². The Hall–Kier alpha value is -3.30. The molecule has 1 atom stereocenters. The number of morpholine rings is 1. The van der Waals surface area contributed by atoms with E-state index in [-0.39, 0.29) is 18.1 Å². The number of nitrogen functional groups attached to an aromatic ring is 1. The minimum absolute atomic E-state index is 0.0418. The van der Waals surface area contributed by atoms with Crippen LogP contribution >= 0.6 is 0 Å². The van der Waals surface area contributed by atoms with E-state index in [2.05, 4.69) is 15.0 Å². The molecular formula is C23H25N5O4. The lowest BCUT2D eigenvalue weighted by Crippen LogP contribution is -2.43. The molecule has 166 valence electrons. The molecule has 0 spiro atoms. The molecule has 0 radical (unpaired) electrons. The molecule has 2 aliphatic heterocycles. The first-order chi connectivity index (χ1) is 15.5. The summed E-state index contributed by atoms with van der Waals surface area (Å²) in [7, 11) is 0. The lowest BCUT2D eigenvalue weighted by atomic mass is 10.0. The summed E-state index contributed by atoms with van der Waals surface area (Å²) in [5, 5.41) is 0.853. The van der Waals surface area contributed by atoms with Crippen molar-refractivity contribution in [2.75, 3.05) is 25.5 Å². The smallest absolute Gasteiger partial charge is 0.273 e. The molecule has 0 unspecified atom stereocenters. The van der Waals surface area contributed by atoms with E-state index < -0.39 is 0 Å². The van der Waals surface area contributed by atoms with Gasteiger partial charge < -0.3 is 24.8 Å². The molecule has 3 aromatic rings. The maximum absolute atomic E-state index is 13.5. The van der Waals surface area contributed by atoms with Crippen molar-refractivity contribution in [1.82, 2.24) is 19.9 Å². The number of amides is 1. The van der Waals surface area contributed by atoms with E-state index in [0.29, 0.717) is 55.9 Å². The Bertz CT molecular complexity index is 1170. The highest BCUT2D eigenvalue weighted by Gasteiger charge is 2.31. The molecular weight excluding hydrogens is 410 g/mol. The van der Waals surface area contributed by atoms with E-state index in [1.54, 1.807) is 23.4 Å². The molecule has 0 saturated carbocycles. The second-order valence-corrected chi connectivity index (χ2v) is 8.22. The molecule has 2 aliphatic rings. The molecule has 1 fully saturated rings. The first-order valence-corrected chi connectivity index (χ1v) is 10.7. The summed E-state index contributed by atoms with van der Waals surface area (Å²) in [6.45, 7) is 6.12. The third kappa shape index (κ3) is 3.74. The fourth-order valence-electron chi connectivity index (χ4n) is 4.16. The van der Waals surface area contributed by atoms with E-state index >= 15 is 0 Å². The third-order valence-electron chi connectivity index (χ3n) is 5.72. The highest BCUT2D eigenvalue weighted by molar-refractivity contribution is 5.97. The van der Waals surface area contributed by atoms with Crippen LogP contribution in [0.3, 0.4) is 0 Å². The van der Waals surface area contributed by atoms with Gasteiger partial charge >= 0.3 is 0 Å². The van der Waals surface area contributed by atoms with Gasteiger partial charge in [0.1, 0.15) is 11.5 Å². The number of hydrogen-bond acceptors (Lipinski definition) is 8. The molecule has 5 heterocycles. The topological polar surface area (TPSA) is 113 Å². The summed E-state index contributed by atoms with van der Waals surface area (Å²) in [6.07, 6.45) is 3.38. The van der Waals surface area contributed by atoms with Gasteiger partial charge in [-0.1, -0.05) is 0 Å². The summed E-state index contributed by atoms with van der Waals surface area (Å²) in [6, 6.07) is 5.28. The van der Waals surface area contributed by atoms with Gasteiger partial charge in [-0.25, -0.2) is 15.0 Å². The monoisotopic (exact) mass is 435 g/mol. The molecule has 9 heteroatoms. The number of anilines is 1. The van der Waals surface area contributed by atoms with Gasteiger partial charge in [-0.3, -0.25) is 4.79 Å². The zero-order valence-corrected chi connectivity index (χ0v) is 18.1. The van der Waals surface area contributed by atoms with Gasteiger partial charge in [0.15, 0.2) is 0 Å². The number of fused-ring (bicyclic) bond motifs is 3. The number of hydrogen-bond donors (Lipinski definition) is 1. The first kappa shape index (κ1) is 20.6. The fourth-order valence-corrected chi connectivity index (χ4v) is 4.16. The van der Waals surface area contributed by atoms with Crippen LogP contribution in [0.5, 0.6) is 5.88 Å². The Labute approximate surface area is 185 Å². The summed E-state index contributed by atoms with van der Waals surface area (Å²) < 4.78 is 16.9. The van der Waals surface area contributed by atoms with Crippen LogP contribution < -0.4 is 10.5 Å². The highest BCUT2D eigenvalue weighted by atomic mass is 16.5. The summed E-state index contributed by atoms with van der Waals surface area (Å²) in [5.41, 5.74) is 9.82. The van der Waals surface area contributed by atoms with Gasteiger partial charge in [-0.2, -0.15) is 0 Å².